The Balaban J connectivity index is 1.82. The molecule has 0 saturated carbocycles. The molecule has 3 rings (SSSR count). The number of carbonyl (C=O) groups is 2. The Kier molecular flexibility index (Phi) is 9.31. The number of methoxy groups -OCH3 is 2. The summed E-state index contributed by atoms with van der Waals surface area (Å²) in [7, 11) is 3.13. The molecule has 2 aromatic heterocycles. The third-order valence-corrected chi connectivity index (χ3v) is 6.40. The summed E-state index contributed by atoms with van der Waals surface area (Å²) in [5.41, 5.74) is 1.53. The summed E-state index contributed by atoms with van der Waals surface area (Å²) in [6.07, 6.45) is 2.25. The molecule has 1 aromatic carbocycles. The van der Waals surface area contributed by atoms with E-state index < -0.39 is 5.97 Å². The van der Waals surface area contributed by atoms with Crippen molar-refractivity contribution in [3.05, 3.63) is 63.0 Å². The van der Waals surface area contributed by atoms with Crippen molar-refractivity contribution in [3.63, 3.8) is 0 Å². The topological polar surface area (TPSA) is 91.1 Å². The molecule has 2 heterocycles. The van der Waals surface area contributed by atoms with Gasteiger partial charge in [-0.25, -0.2) is 9.78 Å². The molecule has 8 nitrogen and oxygen atoms in total. The predicted molar refractivity (Wildman–Crippen MR) is 134 cm³/mol. The number of rotatable bonds is 12. The number of aryl methyl sites for hydroxylation is 2. The van der Waals surface area contributed by atoms with Gasteiger partial charge in [-0.2, -0.15) is 0 Å². The fourth-order valence-electron chi connectivity index (χ4n) is 3.68. The summed E-state index contributed by atoms with van der Waals surface area (Å²) in [5, 5.41) is 2.31. The molecule has 0 spiro atoms. The lowest BCUT2D eigenvalue weighted by Gasteiger charge is -2.23. The number of thiazole rings is 1. The summed E-state index contributed by atoms with van der Waals surface area (Å²) in [6.45, 7) is 6.70. The first-order valence-electron chi connectivity index (χ1n) is 11.6. The highest BCUT2D eigenvalue weighted by Crippen LogP contribution is 2.30. The van der Waals surface area contributed by atoms with Gasteiger partial charge in [-0.3, -0.25) is 4.79 Å². The molecule has 0 N–H and O–H groups in total. The van der Waals surface area contributed by atoms with Gasteiger partial charge in [0.2, 0.25) is 0 Å². The Bertz CT molecular complexity index is 1130. The minimum Gasteiger partial charge on any atom is -0.496 e. The van der Waals surface area contributed by atoms with Gasteiger partial charge in [-0.15, -0.1) is 11.3 Å². The number of carbonyl (C=O) groups excluding carboxylic acids is 2. The lowest BCUT2D eigenvalue weighted by Crippen LogP contribution is -2.32. The zero-order valence-corrected chi connectivity index (χ0v) is 21.7. The van der Waals surface area contributed by atoms with E-state index in [4.69, 9.17) is 18.6 Å². The van der Waals surface area contributed by atoms with Crippen molar-refractivity contribution in [2.45, 2.75) is 46.6 Å². The maximum atomic E-state index is 13.6. The molecule has 0 atom stereocenters. The van der Waals surface area contributed by atoms with Crippen LogP contribution >= 0.6 is 11.3 Å². The Morgan fingerprint density at radius 2 is 1.77 bits per heavy atom. The third kappa shape index (κ3) is 6.63. The number of aromatic nitrogens is 1. The Morgan fingerprint density at radius 3 is 2.37 bits per heavy atom. The molecule has 35 heavy (non-hydrogen) atoms. The number of hydrogen-bond donors (Lipinski definition) is 0. The molecule has 0 bridgehead atoms. The van der Waals surface area contributed by atoms with Crippen molar-refractivity contribution < 1.29 is 28.2 Å². The van der Waals surface area contributed by atoms with Crippen LogP contribution in [0.4, 0.5) is 0 Å². The molecule has 188 valence electrons. The number of esters is 1. The molecule has 0 saturated heterocycles. The third-order valence-electron chi connectivity index (χ3n) is 5.57. The summed E-state index contributed by atoms with van der Waals surface area (Å²) >= 11 is 1.32. The average molecular weight is 501 g/mol. The van der Waals surface area contributed by atoms with Crippen LogP contribution in [0.25, 0.3) is 0 Å². The van der Waals surface area contributed by atoms with Crippen molar-refractivity contribution in [3.8, 4) is 11.5 Å². The van der Waals surface area contributed by atoms with Crippen molar-refractivity contribution in [2.24, 2.45) is 0 Å². The minimum atomic E-state index is -0.467. The van der Waals surface area contributed by atoms with Crippen molar-refractivity contribution >= 4 is 23.2 Å². The molecule has 0 aliphatic rings. The van der Waals surface area contributed by atoms with Gasteiger partial charge in [0.05, 0.1) is 27.4 Å². The standard InChI is InChI=1S/C26H32N2O6S/c1-6-19-10-11-20(34-19)9-8-12-28(15-24-27-21(16-35-24)26(30)33-7-2)25(29)18-13-22(31-4)17(3)23(14-18)32-5/h10-11,13-14,16H,6-9,12,15H2,1-5H3. The van der Waals surface area contributed by atoms with Crippen LogP contribution in [0.15, 0.2) is 34.1 Å². The van der Waals surface area contributed by atoms with E-state index in [0.29, 0.717) is 41.5 Å². The molecule has 0 aliphatic carbocycles. The van der Waals surface area contributed by atoms with Crippen LogP contribution in [-0.4, -0.2) is 49.1 Å². The average Bonchev–Trinajstić information content (AvgIpc) is 3.53. The lowest BCUT2D eigenvalue weighted by atomic mass is 10.1. The summed E-state index contributed by atoms with van der Waals surface area (Å²) in [6, 6.07) is 7.40. The van der Waals surface area contributed by atoms with E-state index in [-0.39, 0.29) is 24.8 Å². The van der Waals surface area contributed by atoms with Gasteiger partial charge in [0.25, 0.3) is 5.91 Å². The summed E-state index contributed by atoms with van der Waals surface area (Å²) in [5.74, 6) is 2.35. The van der Waals surface area contributed by atoms with Crippen LogP contribution in [0.3, 0.4) is 0 Å². The molecule has 3 aromatic rings. The molecule has 9 heteroatoms. The van der Waals surface area contributed by atoms with Crippen LogP contribution in [0.2, 0.25) is 0 Å². The lowest BCUT2D eigenvalue weighted by molar-refractivity contribution is 0.0520. The first-order chi connectivity index (χ1) is 16.9. The normalized spacial score (nSPS) is 10.8. The highest BCUT2D eigenvalue weighted by atomic mass is 32.1. The van der Waals surface area contributed by atoms with E-state index in [2.05, 4.69) is 4.98 Å². The predicted octanol–water partition coefficient (Wildman–Crippen LogP) is 5.08. The van der Waals surface area contributed by atoms with Crippen molar-refractivity contribution in [1.29, 1.82) is 0 Å². The largest absolute Gasteiger partial charge is 0.496 e. The number of furan rings is 1. The maximum absolute atomic E-state index is 13.6. The molecule has 0 unspecified atom stereocenters. The molecule has 0 radical (unpaired) electrons. The number of hydrogen-bond acceptors (Lipinski definition) is 8. The number of ether oxygens (including phenoxy) is 3. The van der Waals surface area contributed by atoms with E-state index >= 15 is 0 Å². The summed E-state index contributed by atoms with van der Waals surface area (Å²) in [4.78, 5) is 31.8. The minimum absolute atomic E-state index is 0.178. The van der Waals surface area contributed by atoms with Gasteiger partial charge in [0.1, 0.15) is 28.0 Å². The van der Waals surface area contributed by atoms with Gasteiger partial charge in [-0.05, 0) is 44.5 Å². The molecular formula is C26H32N2O6S. The zero-order valence-electron chi connectivity index (χ0n) is 20.9. The Labute approximate surface area is 209 Å². The Morgan fingerprint density at radius 1 is 1.09 bits per heavy atom. The first-order valence-corrected chi connectivity index (χ1v) is 12.5. The number of nitrogens with zero attached hydrogens (tertiary/aromatic N) is 2. The van der Waals surface area contributed by atoms with Gasteiger partial charge >= 0.3 is 5.97 Å². The van der Waals surface area contributed by atoms with Crippen LogP contribution in [0, 0.1) is 6.92 Å². The van der Waals surface area contributed by atoms with Crippen LogP contribution in [0.5, 0.6) is 11.5 Å². The van der Waals surface area contributed by atoms with Crippen LogP contribution in [0.1, 0.15) is 63.2 Å². The van der Waals surface area contributed by atoms with Gasteiger partial charge in [-0.1, -0.05) is 6.92 Å². The molecule has 0 fully saturated rings. The quantitative estimate of drug-likeness (QED) is 0.320. The first kappa shape index (κ1) is 26.3. The highest BCUT2D eigenvalue weighted by Gasteiger charge is 2.22. The highest BCUT2D eigenvalue weighted by molar-refractivity contribution is 7.09. The second kappa shape index (κ2) is 12.4. The monoisotopic (exact) mass is 500 g/mol. The molecule has 0 aliphatic heterocycles. The van der Waals surface area contributed by atoms with E-state index in [1.807, 2.05) is 26.0 Å². The smallest absolute Gasteiger partial charge is 0.357 e. The van der Waals surface area contributed by atoms with Gasteiger partial charge < -0.3 is 23.5 Å². The van der Waals surface area contributed by atoms with E-state index in [9.17, 15) is 9.59 Å². The second-order valence-electron chi connectivity index (χ2n) is 7.90. The molecule has 1 amide bonds. The number of amides is 1. The fraction of sp³-hybridized carbons (Fsp3) is 0.423. The van der Waals surface area contributed by atoms with E-state index in [0.717, 1.165) is 23.5 Å². The van der Waals surface area contributed by atoms with Crippen LogP contribution < -0.4 is 9.47 Å². The Hall–Kier alpha value is -3.33. The van der Waals surface area contributed by atoms with Crippen molar-refractivity contribution in [1.82, 2.24) is 9.88 Å². The van der Waals surface area contributed by atoms with E-state index in [1.165, 1.54) is 11.3 Å². The van der Waals surface area contributed by atoms with E-state index in [1.54, 1.807) is 43.6 Å². The molecular weight excluding hydrogens is 468 g/mol. The zero-order chi connectivity index (χ0) is 25.4. The second-order valence-corrected chi connectivity index (χ2v) is 8.85. The van der Waals surface area contributed by atoms with Crippen molar-refractivity contribution in [2.75, 3.05) is 27.4 Å². The number of benzene rings is 1. The van der Waals surface area contributed by atoms with Gasteiger partial charge in [0, 0.05) is 35.9 Å². The maximum Gasteiger partial charge on any atom is 0.357 e. The fourth-order valence-corrected chi connectivity index (χ4v) is 4.46. The van der Waals surface area contributed by atoms with Crippen LogP contribution in [-0.2, 0) is 24.1 Å². The summed E-state index contributed by atoms with van der Waals surface area (Å²) < 4.78 is 21.8. The SMILES string of the molecule is CCOC(=O)c1csc(CN(CCCc2ccc(CC)o2)C(=O)c2cc(OC)c(C)c(OC)c2)n1. The van der Waals surface area contributed by atoms with Gasteiger partial charge in [0.15, 0.2) is 5.69 Å².